The van der Waals surface area contributed by atoms with E-state index in [0.717, 1.165) is 0 Å². The molecule has 0 saturated heterocycles. The molecular weight excluding hydrogens is 300 g/mol. The average molecular weight is 300 g/mol. The van der Waals surface area contributed by atoms with Crippen molar-refractivity contribution < 1.29 is 52.7 Å². The number of rotatable bonds is 0. The zero-order valence-electron chi connectivity index (χ0n) is 7.54. The van der Waals surface area contributed by atoms with Gasteiger partial charge in [0, 0.05) is 0 Å². The van der Waals surface area contributed by atoms with E-state index in [-0.39, 0.29) is 0 Å². The summed E-state index contributed by atoms with van der Waals surface area (Å²) >= 11 is 0. The lowest BCUT2D eigenvalue weighted by atomic mass is 9.60. The second-order valence-electron chi connectivity index (χ2n) is 3.46. The van der Waals surface area contributed by atoms with Crippen LogP contribution in [-0.2, 0) is 0 Å². The Bertz CT molecular complexity index is 326. The molecule has 1 saturated carbocycles. The summed E-state index contributed by atoms with van der Waals surface area (Å²) in [7, 11) is 0. The highest BCUT2D eigenvalue weighted by molar-refractivity contribution is 5.36. The van der Waals surface area contributed by atoms with Crippen LogP contribution in [0.5, 0.6) is 0 Å². The molecule has 0 spiro atoms. The van der Waals surface area contributed by atoms with Crippen LogP contribution in [0.25, 0.3) is 0 Å². The van der Waals surface area contributed by atoms with Gasteiger partial charge in [0.25, 0.3) is 0 Å². The largest absolute Gasteiger partial charge is 0.432 e. The predicted octanol–water partition coefficient (Wildman–Crippen LogP) is 3.81. The van der Waals surface area contributed by atoms with Crippen molar-refractivity contribution in [3.8, 4) is 0 Å². The Morgan fingerprint density at radius 2 is 0.611 bits per heavy atom. The third-order valence-electron chi connectivity index (χ3n) is 2.52. The van der Waals surface area contributed by atoms with Crippen LogP contribution in [0, 0.1) is 0 Å². The maximum Gasteiger partial charge on any atom is 0.432 e. The molecule has 0 unspecified atom stereocenters. The van der Waals surface area contributed by atoms with Crippen LogP contribution in [0.15, 0.2) is 0 Å². The van der Waals surface area contributed by atoms with Gasteiger partial charge in [0.2, 0.25) is 0 Å². The van der Waals surface area contributed by atoms with Gasteiger partial charge in [-0.3, -0.25) is 0 Å². The lowest BCUT2D eigenvalue weighted by Gasteiger charge is -2.58. The van der Waals surface area contributed by atoms with Crippen molar-refractivity contribution in [2.45, 2.75) is 35.5 Å². The zero-order chi connectivity index (χ0) is 15.0. The smallest absolute Gasteiger partial charge is 0.222 e. The van der Waals surface area contributed by atoms with Gasteiger partial charge in [0.05, 0.1) is 0 Å². The van der Waals surface area contributed by atoms with Gasteiger partial charge >= 0.3 is 35.5 Å². The summed E-state index contributed by atoms with van der Waals surface area (Å²) in [5.74, 6) is -13.7. The molecular formula is C6F12. The summed E-state index contributed by atoms with van der Waals surface area (Å²) in [5, 5.41) is 0. The molecule has 0 nitrogen and oxygen atoms in total. The van der Waals surface area contributed by atoms with Crippen LogP contribution in [0.4, 0.5) is 52.7 Å². The third-order valence-corrected chi connectivity index (χ3v) is 2.52. The van der Waals surface area contributed by atoms with Crippen molar-refractivity contribution >= 4 is 0 Å². The Balaban J connectivity index is 3.61. The van der Waals surface area contributed by atoms with Crippen molar-refractivity contribution in [3.63, 3.8) is 0 Å². The van der Waals surface area contributed by atoms with Crippen LogP contribution in [0.1, 0.15) is 0 Å². The second kappa shape index (κ2) is 3.00. The summed E-state index contributed by atoms with van der Waals surface area (Å²) in [6.45, 7) is 0. The van der Waals surface area contributed by atoms with E-state index in [1.54, 1.807) is 0 Å². The highest BCUT2D eigenvalue weighted by Crippen LogP contribution is 2.76. The van der Waals surface area contributed by atoms with Gasteiger partial charge in [-0.2, -0.15) is 43.9 Å². The summed E-state index contributed by atoms with van der Waals surface area (Å²) in [4.78, 5) is 0. The number of alkyl halides is 12. The molecule has 2 atom stereocenters. The monoisotopic (exact) mass is 300 g/mol. The number of hydrogen-bond donors (Lipinski definition) is 0. The Hall–Kier alpha value is -0.840. The standard InChI is InChI=1S/C6F12/c7-1(5(13,14)15)2(8,6(16,17)18)4(11,12)3(1,9)10/t1-,2-/m0/s1. The van der Waals surface area contributed by atoms with Crippen molar-refractivity contribution in [1.29, 1.82) is 0 Å². The van der Waals surface area contributed by atoms with Gasteiger partial charge in [-0.15, -0.1) is 0 Å². The van der Waals surface area contributed by atoms with Gasteiger partial charge in [0.15, 0.2) is 0 Å². The van der Waals surface area contributed by atoms with Crippen LogP contribution < -0.4 is 0 Å². The molecule has 0 N–H and O–H groups in total. The van der Waals surface area contributed by atoms with E-state index in [4.69, 9.17) is 0 Å². The molecule has 1 aliphatic rings. The topological polar surface area (TPSA) is 0 Å². The first-order valence-corrected chi connectivity index (χ1v) is 3.77. The SMILES string of the molecule is FC(F)(F)[C@@]1(F)C(F)(F)C(F)(F)[C@]1(F)C(F)(F)F. The maximum atomic E-state index is 12.8. The Morgan fingerprint density at radius 1 is 0.444 bits per heavy atom. The number of halogens is 12. The van der Waals surface area contributed by atoms with Crippen LogP contribution in [0.3, 0.4) is 0 Å². The summed E-state index contributed by atoms with van der Waals surface area (Å²) in [6.07, 6.45) is -14.4. The first-order valence-electron chi connectivity index (χ1n) is 3.77. The summed E-state index contributed by atoms with van der Waals surface area (Å²) in [5.41, 5.74) is -14.1. The zero-order valence-corrected chi connectivity index (χ0v) is 7.54. The highest BCUT2D eigenvalue weighted by atomic mass is 19.4. The molecule has 0 bridgehead atoms. The van der Waals surface area contributed by atoms with Gasteiger partial charge in [-0.25, -0.2) is 8.78 Å². The summed E-state index contributed by atoms with van der Waals surface area (Å²) in [6, 6.07) is 0. The molecule has 0 heterocycles. The van der Waals surface area contributed by atoms with Crippen LogP contribution >= 0.6 is 0 Å². The molecule has 0 aromatic carbocycles. The van der Waals surface area contributed by atoms with E-state index in [9.17, 15) is 52.7 Å². The highest BCUT2D eigenvalue weighted by Gasteiger charge is 3.10. The maximum absolute atomic E-state index is 12.8. The van der Waals surface area contributed by atoms with Crippen molar-refractivity contribution in [2.24, 2.45) is 0 Å². The average Bonchev–Trinajstić information content (AvgIpc) is 2.10. The van der Waals surface area contributed by atoms with E-state index in [0.29, 0.717) is 0 Å². The van der Waals surface area contributed by atoms with Gasteiger partial charge in [-0.1, -0.05) is 0 Å². The first-order chi connectivity index (χ1) is 7.50. The second-order valence-corrected chi connectivity index (χ2v) is 3.46. The third kappa shape index (κ3) is 1.08. The predicted molar refractivity (Wildman–Crippen MR) is 29.7 cm³/mol. The molecule has 1 rings (SSSR count). The first kappa shape index (κ1) is 15.2. The lowest BCUT2D eigenvalue weighted by Crippen LogP contribution is -2.93. The lowest BCUT2D eigenvalue weighted by molar-refractivity contribution is -0.531. The van der Waals surface area contributed by atoms with Crippen LogP contribution in [0.2, 0.25) is 0 Å². The minimum Gasteiger partial charge on any atom is -0.222 e. The van der Waals surface area contributed by atoms with E-state index >= 15 is 0 Å². The molecule has 0 aromatic rings. The van der Waals surface area contributed by atoms with Gasteiger partial charge < -0.3 is 0 Å². The molecule has 1 fully saturated rings. The molecule has 12 heteroatoms. The van der Waals surface area contributed by atoms with E-state index in [1.165, 1.54) is 0 Å². The molecule has 108 valence electrons. The molecule has 1 aliphatic carbocycles. The fourth-order valence-corrected chi connectivity index (χ4v) is 1.55. The molecule has 0 aromatic heterocycles. The Kier molecular flexibility index (Phi) is 2.54. The Morgan fingerprint density at radius 3 is 0.722 bits per heavy atom. The fraction of sp³-hybridized carbons (Fsp3) is 1.00. The number of hydrogen-bond acceptors (Lipinski definition) is 0. The van der Waals surface area contributed by atoms with E-state index < -0.39 is 35.5 Å². The Labute approximate surface area is 89.5 Å². The van der Waals surface area contributed by atoms with Gasteiger partial charge in [-0.05, 0) is 0 Å². The minimum atomic E-state index is -7.18. The van der Waals surface area contributed by atoms with Gasteiger partial charge in [0.1, 0.15) is 0 Å². The molecule has 0 aliphatic heterocycles. The summed E-state index contributed by atoms with van der Waals surface area (Å²) < 4.78 is 146. The minimum absolute atomic E-state index is 6.87. The quantitative estimate of drug-likeness (QED) is 0.597. The molecule has 18 heavy (non-hydrogen) atoms. The normalized spacial score (nSPS) is 39.3. The molecule has 0 radical (unpaired) electrons. The van der Waals surface area contributed by atoms with E-state index in [1.807, 2.05) is 0 Å². The van der Waals surface area contributed by atoms with Crippen molar-refractivity contribution in [3.05, 3.63) is 0 Å². The fourth-order valence-electron chi connectivity index (χ4n) is 1.55. The van der Waals surface area contributed by atoms with E-state index in [2.05, 4.69) is 0 Å². The van der Waals surface area contributed by atoms with Crippen molar-refractivity contribution in [1.82, 2.24) is 0 Å². The van der Waals surface area contributed by atoms with Crippen molar-refractivity contribution in [2.75, 3.05) is 0 Å². The molecule has 0 amide bonds. The van der Waals surface area contributed by atoms with Crippen LogP contribution in [-0.4, -0.2) is 35.5 Å².